The minimum Gasteiger partial charge on any atom is -0.492 e. The van der Waals surface area contributed by atoms with E-state index in [2.05, 4.69) is 16.7 Å². The quantitative estimate of drug-likeness (QED) is 0.716. The molecule has 0 spiro atoms. The van der Waals surface area contributed by atoms with Gasteiger partial charge in [0.15, 0.2) is 0 Å². The van der Waals surface area contributed by atoms with Crippen LogP contribution in [0.3, 0.4) is 0 Å². The third-order valence-corrected chi connectivity index (χ3v) is 4.09. The Kier molecular flexibility index (Phi) is 9.91. The highest BCUT2D eigenvalue weighted by atomic mass is 35.5. The highest BCUT2D eigenvalue weighted by Gasteiger charge is 2.15. The van der Waals surface area contributed by atoms with Gasteiger partial charge in [0.1, 0.15) is 5.75 Å². The predicted molar refractivity (Wildman–Crippen MR) is 98.7 cm³/mol. The van der Waals surface area contributed by atoms with Crippen molar-refractivity contribution in [3.05, 3.63) is 28.3 Å². The maximum atomic E-state index is 11.1. The van der Waals surface area contributed by atoms with Gasteiger partial charge >= 0.3 is 6.09 Å². The van der Waals surface area contributed by atoms with E-state index >= 15 is 0 Å². The van der Waals surface area contributed by atoms with E-state index in [4.69, 9.17) is 21.1 Å². The number of benzene rings is 1. The van der Waals surface area contributed by atoms with Crippen LogP contribution in [-0.4, -0.2) is 38.9 Å². The van der Waals surface area contributed by atoms with Gasteiger partial charge < -0.3 is 20.1 Å². The first-order chi connectivity index (χ1) is 11.2. The Bertz CT molecular complexity index is 527. The Hall–Kier alpha value is -1.17. The summed E-state index contributed by atoms with van der Waals surface area (Å²) in [5.41, 5.74) is 2.55. The number of carbonyl (C=O) groups excluding carboxylic acids is 1. The lowest BCUT2D eigenvalue weighted by molar-refractivity contribution is 0.152. The SMILES string of the molecule is CCOC(=O)NCCCCOc1c(Cl)ccc2c1CCNCC2.Cl. The number of amides is 1. The molecule has 5 nitrogen and oxygen atoms in total. The van der Waals surface area contributed by atoms with Crippen LogP contribution in [-0.2, 0) is 17.6 Å². The van der Waals surface area contributed by atoms with Gasteiger partial charge in [-0.15, -0.1) is 12.4 Å². The van der Waals surface area contributed by atoms with E-state index in [9.17, 15) is 4.79 Å². The standard InChI is InChI=1S/C17H25ClN2O3.ClH/c1-2-22-17(21)20-9-3-4-12-23-16-14-8-11-19-10-7-13(14)5-6-15(16)18;/h5-6,19H,2-4,7-12H2,1H3,(H,20,21);1H. The molecule has 1 heterocycles. The summed E-state index contributed by atoms with van der Waals surface area (Å²) >= 11 is 6.31. The molecule has 0 bridgehead atoms. The van der Waals surface area contributed by atoms with Crippen molar-refractivity contribution < 1.29 is 14.3 Å². The van der Waals surface area contributed by atoms with Crippen LogP contribution < -0.4 is 15.4 Å². The van der Waals surface area contributed by atoms with Crippen LogP contribution in [0.1, 0.15) is 30.9 Å². The minimum absolute atomic E-state index is 0. The Morgan fingerprint density at radius 1 is 1.29 bits per heavy atom. The second-order valence-electron chi connectivity index (χ2n) is 5.47. The van der Waals surface area contributed by atoms with Crippen molar-refractivity contribution in [2.24, 2.45) is 0 Å². The molecule has 2 rings (SSSR count). The first-order valence-corrected chi connectivity index (χ1v) is 8.64. The molecule has 7 heteroatoms. The van der Waals surface area contributed by atoms with E-state index in [0.717, 1.165) is 44.5 Å². The number of rotatable bonds is 7. The molecule has 1 aliphatic rings. The maximum Gasteiger partial charge on any atom is 0.407 e. The molecule has 0 radical (unpaired) electrons. The molecule has 2 N–H and O–H groups in total. The Morgan fingerprint density at radius 3 is 2.88 bits per heavy atom. The van der Waals surface area contributed by atoms with E-state index in [0.29, 0.717) is 24.8 Å². The average Bonchev–Trinajstić information content (AvgIpc) is 2.78. The van der Waals surface area contributed by atoms with Crippen molar-refractivity contribution in [3.63, 3.8) is 0 Å². The fourth-order valence-electron chi connectivity index (χ4n) is 2.64. The molecule has 0 saturated heterocycles. The molecule has 0 unspecified atom stereocenters. The third-order valence-electron chi connectivity index (χ3n) is 3.79. The molecule has 1 aliphatic heterocycles. The monoisotopic (exact) mass is 376 g/mol. The van der Waals surface area contributed by atoms with Gasteiger partial charge in [0.25, 0.3) is 0 Å². The number of hydrogen-bond donors (Lipinski definition) is 2. The van der Waals surface area contributed by atoms with Crippen LogP contribution in [0, 0.1) is 0 Å². The summed E-state index contributed by atoms with van der Waals surface area (Å²) in [5.74, 6) is 0.825. The number of alkyl carbamates (subject to hydrolysis) is 1. The van der Waals surface area contributed by atoms with Gasteiger partial charge in [-0.05, 0) is 57.3 Å². The van der Waals surface area contributed by atoms with E-state index in [1.54, 1.807) is 6.92 Å². The van der Waals surface area contributed by atoms with Gasteiger partial charge in [0, 0.05) is 12.1 Å². The number of carbonyl (C=O) groups is 1. The van der Waals surface area contributed by atoms with E-state index in [-0.39, 0.29) is 18.5 Å². The Labute approximate surface area is 154 Å². The highest BCUT2D eigenvalue weighted by Crippen LogP contribution is 2.33. The van der Waals surface area contributed by atoms with Crippen LogP contribution in [0.4, 0.5) is 4.79 Å². The van der Waals surface area contributed by atoms with Gasteiger partial charge in [-0.25, -0.2) is 4.79 Å². The summed E-state index contributed by atoms with van der Waals surface area (Å²) in [4.78, 5) is 11.1. The third kappa shape index (κ3) is 6.38. The smallest absolute Gasteiger partial charge is 0.407 e. The fraction of sp³-hybridized carbons (Fsp3) is 0.588. The number of hydrogen-bond acceptors (Lipinski definition) is 4. The highest BCUT2D eigenvalue weighted by molar-refractivity contribution is 6.32. The number of nitrogens with one attached hydrogen (secondary N) is 2. The second kappa shape index (κ2) is 11.4. The molecule has 1 aromatic rings. The van der Waals surface area contributed by atoms with Crippen molar-refractivity contribution in [3.8, 4) is 5.75 Å². The average molecular weight is 377 g/mol. The van der Waals surface area contributed by atoms with Crippen LogP contribution in [0.15, 0.2) is 12.1 Å². The molecule has 0 atom stereocenters. The maximum absolute atomic E-state index is 11.1. The summed E-state index contributed by atoms with van der Waals surface area (Å²) in [7, 11) is 0. The molecule has 0 aromatic heterocycles. The van der Waals surface area contributed by atoms with Crippen LogP contribution in [0.2, 0.25) is 5.02 Å². The lowest BCUT2D eigenvalue weighted by atomic mass is 10.0. The van der Waals surface area contributed by atoms with Crippen molar-refractivity contribution >= 4 is 30.1 Å². The van der Waals surface area contributed by atoms with Crippen molar-refractivity contribution in [2.45, 2.75) is 32.6 Å². The zero-order chi connectivity index (χ0) is 16.5. The summed E-state index contributed by atoms with van der Waals surface area (Å²) in [6, 6.07) is 4.02. The minimum atomic E-state index is -0.364. The first-order valence-electron chi connectivity index (χ1n) is 8.26. The summed E-state index contributed by atoms with van der Waals surface area (Å²) in [6.45, 7) is 5.30. The second-order valence-corrected chi connectivity index (χ2v) is 5.87. The summed E-state index contributed by atoms with van der Waals surface area (Å²) in [6.07, 6.45) is 3.27. The molecule has 1 aromatic carbocycles. The van der Waals surface area contributed by atoms with Gasteiger partial charge in [-0.1, -0.05) is 17.7 Å². The lowest BCUT2D eigenvalue weighted by Gasteiger charge is -2.15. The van der Waals surface area contributed by atoms with Crippen molar-refractivity contribution in [1.82, 2.24) is 10.6 Å². The van der Waals surface area contributed by atoms with Gasteiger partial charge in [-0.3, -0.25) is 0 Å². The number of fused-ring (bicyclic) bond motifs is 1. The fourth-order valence-corrected chi connectivity index (χ4v) is 2.87. The molecule has 24 heavy (non-hydrogen) atoms. The topological polar surface area (TPSA) is 59.6 Å². The summed E-state index contributed by atoms with van der Waals surface area (Å²) < 4.78 is 10.7. The van der Waals surface area contributed by atoms with Crippen molar-refractivity contribution in [1.29, 1.82) is 0 Å². The van der Waals surface area contributed by atoms with Gasteiger partial charge in [0.2, 0.25) is 0 Å². The van der Waals surface area contributed by atoms with Crippen LogP contribution in [0.5, 0.6) is 5.75 Å². The summed E-state index contributed by atoms with van der Waals surface area (Å²) in [5, 5.41) is 6.77. The van der Waals surface area contributed by atoms with Crippen molar-refractivity contribution in [2.75, 3.05) is 32.8 Å². The molecular weight excluding hydrogens is 351 g/mol. The van der Waals surface area contributed by atoms with E-state index in [1.807, 2.05) is 6.07 Å². The van der Waals surface area contributed by atoms with Crippen LogP contribution >= 0.6 is 24.0 Å². The predicted octanol–water partition coefficient (Wildman–Crippen LogP) is 3.36. The number of unbranched alkanes of at least 4 members (excludes halogenated alkanes) is 1. The van der Waals surface area contributed by atoms with Gasteiger partial charge in [0.05, 0.1) is 18.2 Å². The Morgan fingerprint density at radius 2 is 2.08 bits per heavy atom. The lowest BCUT2D eigenvalue weighted by Crippen LogP contribution is -2.25. The molecular formula is C17H26Cl2N2O3. The zero-order valence-electron chi connectivity index (χ0n) is 14.0. The molecule has 0 saturated carbocycles. The number of ether oxygens (including phenoxy) is 2. The molecule has 0 aliphatic carbocycles. The van der Waals surface area contributed by atoms with E-state index < -0.39 is 0 Å². The first kappa shape index (κ1) is 20.9. The normalized spacial score (nSPS) is 13.2. The van der Waals surface area contributed by atoms with Gasteiger partial charge in [-0.2, -0.15) is 0 Å². The Balaban J connectivity index is 0.00000288. The zero-order valence-corrected chi connectivity index (χ0v) is 15.6. The number of halogens is 2. The molecule has 136 valence electrons. The molecule has 1 amide bonds. The van der Waals surface area contributed by atoms with Crippen LogP contribution in [0.25, 0.3) is 0 Å². The molecule has 0 fully saturated rings. The largest absolute Gasteiger partial charge is 0.492 e. The van der Waals surface area contributed by atoms with E-state index in [1.165, 1.54) is 11.1 Å².